The molecular formula is C19H23N5O4S. The van der Waals surface area contributed by atoms with Gasteiger partial charge < -0.3 is 29.7 Å². The first-order valence-electron chi connectivity index (χ1n) is 9.27. The van der Waals surface area contributed by atoms with E-state index in [1.54, 1.807) is 13.1 Å². The molecule has 0 atom stereocenters. The van der Waals surface area contributed by atoms with Crippen molar-refractivity contribution in [3.8, 4) is 11.6 Å². The van der Waals surface area contributed by atoms with Gasteiger partial charge >= 0.3 is 5.97 Å². The number of carbonyl (C=O) groups is 1. The summed E-state index contributed by atoms with van der Waals surface area (Å²) in [6.45, 7) is 4.95. The number of para-hydroxylation sites is 2. The quantitative estimate of drug-likeness (QED) is 0.514. The van der Waals surface area contributed by atoms with Gasteiger partial charge in [0.15, 0.2) is 10.9 Å². The minimum atomic E-state index is -0.392. The highest BCUT2D eigenvalue weighted by Gasteiger charge is 2.17. The van der Waals surface area contributed by atoms with E-state index in [2.05, 4.69) is 25.5 Å². The van der Waals surface area contributed by atoms with Crippen molar-refractivity contribution >= 4 is 34.7 Å². The number of hydrogen-bond donors (Lipinski definition) is 2. The number of rotatable bonds is 7. The number of benzene rings is 1. The molecule has 2 aromatic rings. The molecule has 2 heterocycles. The molecule has 1 aromatic carbocycles. The first kappa shape index (κ1) is 20.7. The van der Waals surface area contributed by atoms with Crippen molar-refractivity contribution in [3.05, 3.63) is 36.8 Å². The second kappa shape index (κ2) is 10.5. The van der Waals surface area contributed by atoms with Crippen LogP contribution in [0.2, 0.25) is 0 Å². The highest BCUT2D eigenvalue weighted by molar-refractivity contribution is 7.80. The van der Waals surface area contributed by atoms with Crippen LogP contribution in [0.1, 0.15) is 6.92 Å². The van der Waals surface area contributed by atoms with Crippen molar-refractivity contribution in [2.45, 2.75) is 6.92 Å². The Morgan fingerprint density at radius 1 is 1.31 bits per heavy atom. The van der Waals surface area contributed by atoms with Gasteiger partial charge in [0.2, 0.25) is 5.88 Å². The van der Waals surface area contributed by atoms with E-state index in [1.807, 2.05) is 24.3 Å². The Morgan fingerprint density at radius 2 is 2.10 bits per heavy atom. The van der Waals surface area contributed by atoms with E-state index in [1.165, 1.54) is 6.33 Å². The Morgan fingerprint density at radius 3 is 2.90 bits per heavy atom. The molecule has 0 spiro atoms. The maximum absolute atomic E-state index is 11.5. The van der Waals surface area contributed by atoms with Gasteiger partial charge in [0.1, 0.15) is 18.6 Å². The Hall–Kier alpha value is -2.98. The maximum Gasteiger partial charge on any atom is 0.325 e. The minimum absolute atomic E-state index is 0.0383. The first-order chi connectivity index (χ1) is 14.2. The van der Waals surface area contributed by atoms with Crippen LogP contribution in [0, 0.1) is 0 Å². The van der Waals surface area contributed by atoms with Gasteiger partial charge in [-0.3, -0.25) is 4.79 Å². The van der Waals surface area contributed by atoms with Crippen molar-refractivity contribution < 1.29 is 19.0 Å². The van der Waals surface area contributed by atoms with Gasteiger partial charge in [0, 0.05) is 13.1 Å². The van der Waals surface area contributed by atoms with Crippen molar-refractivity contribution in [2.24, 2.45) is 0 Å². The molecule has 10 heteroatoms. The van der Waals surface area contributed by atoms with Crippen LogP contribution in [0.3, 0.4) is 0 Å². The average Bonchev–Trinajstić information content (AvgIpc) is 2.75. The third kappa shape index (κ3) is 6.00. The molecule has 3 rings (SSSR count). The molecule has 1 fully saturated rings. The highest BCUT2D eigenvalue weighted by Crippen LogP contribution is 2.34. The largest absolute Gasteiger partial charge is 0.465 e. The van der Waals surface area contributed by atoms with Crippen LogP contribution in [0.4, 0.5) is 11.4 Å². The lowest BCUT2D eigenvalue weighted by atomic mass is 10.2. The van der Waals surface area contributed by atoms with Crippen LogP contribution in [0.15, 0.2) is 36.8 Å². The van der Waals surface area contributed by atoms with Crippen LogP contribution in [0.5, 0.6) is 11.6 Å². The second-order valence-corrected chi connectivity index (χ2v) is 6.43. The fourth-order valence-corrected chi connectivity index (χ4v) is 2.91. The smallest absolute Gasteiger partial charge is 0.325 e. The molecular weight excluding hydrogens is 394 g/mol. The number of anilines is 2. The zero-order chi connectivity index (χ0) is 20.5. The normalized spacial score (nSPS) is 13.5. The fourth-order valence-electron chi connectivity index (χ4n) is 2.73. The Bertz CT molecular complexity index is 845. The zero-order valence-corrected chi connectivity index (χ0v) is 16.9. The molecule has 1 aliphatic rings. The number of aromatic nitrogens is 2. The van der Waals surface area contributed by atoms with E-state index in [4.69, 9.17) is 26.4 Å². The molecule has 0 saturated carbocycles. The molecule has 0 unspecified atom stereocenters. The molecule has 0 radical (unpaired) electrons. The van der Waals surface area contributed by atoms with Gasteiger partial charge in [-0.25, -0.2) is 4.98 Å². The second-order valence-electron chi connectivity index (χ2n) is 6.02. The zero-order valence-electron chi connectivity index (χ0n) is 16.1. The predicted molar refractivity (Wildman–Crippen MR) is 112 cm³/mol. The molecule has 0 aliphatic carbocycles. The molecule has 1 aliphatic heterocycles. The van der Waals surface area contributed by atoms with Crippen LogP contribution in [-0.4, -0.2) is 60.5 Å². The summed E-state index contributed by atoms with van der Waals surface area (Å²) in [5.74, 6) is 0.597. The number of esters is 1. The molecule has 1 saturated heterocycles. The lowest BCUT2D eigenvalue weighted by Gasteiger charge is -2.30. The molecule has 29 heavy (non-hydrogen) atoms. The van der Waals surface area contributed by atoms with E-state index in [9.17, 15) is 4.79 Å². The number of hydrogen-bond acceptors (Lipinski definition) is 8. The summed E-state index contributed by atoms with van der Waals surface area (Å²) in [5, 5.41) is 5.97. The van der Waals surface area contributed by atoms with Crippen LogP contribution >= 0.6 is 12.2 Å². The summed E-state index contributed by atoms with van der Waals surface area (Å²) in [4.78, 5) is 21.9. The molecule has 1 aromatic heterocycles. The number of carbonyl (C=O) groups excluding carboxylic acids is 1. The Balaban J connectivity index is 1.70. The van der Waals surface area contributed by atoms with Crippen molar-refractivity contribution in [1.82, 2.24) is 15.3 Å². The van der Waals surface area contributed by atoms with Crippen molar-refractivity contribution in [2.75, 3.05) is 49.7 Å². The number of thiocarbonyl (C=S) groups is 1. The molecule has 2 N–H and O–H groups in total. The molecule has 9 nitrogen and oxygen atoms in total. The van der Waals surface area contributed by atoms with Crippen molar-refractivity contribution in [1.29, 1.82) is 0 Å². The average molecular weight is 417 g/mol. The highest BCUT2D eigenvalue weighted by atomic mass is 32.1. The van der Waals surface area contributed by atoms with E-state index in [-0.39, 0.29) is 11.7 Å². The van der Waals surface area contributed by atoms with Gasteiger partial charge in [-0.15, -0.1) is 0 Å². The lowest BCUT2D eigenvalue weighted by molar-refractivity contribution is -0.141. The summed E-state index contributed by atoms with van der Waals surface area (Å²) in [7, 11) is 0. The third-order valence-corrected chi connectivity index (χ3v) is 4.29. The summed E-state index contributed by atoms with van der Waals surface area (Å²) in [5.41, 5.74) is 1.44. The maximum atomic E-state index is 11.5. The topological polar surface area (TPSA) is 97.8 Å². The SMILES string of the molecule is CCOC(=O)CNC(=S)Nc1cncnc1Oc1ccccc1N1CCOCC1. The van der Waals surface area contributed by atoms with Gasteiger partial charge in [0.25, 0.3) is 0 Å². The van der Waals surface area contributed by atoms with E-state index >= 15 is 0 Å². The number of morpholine rings is 1. The van der Waals surface area contributed by atoms with Crippen LogP contribution in [0.25, 0.3) is 0 Å². The predicted octanol–water partition coefficient (Wildman–Crippen LogP) is 1.95. The molecule has 0 bridgehead atoms. The number of ether oxygens (including phenoxy) is 3. The molecule has 0 amide bonds. The summed E-state index contributed by atoms with van der Waals surface area (Å²) in [6.07, 6.45) is 2.95. The summed E-state index contributed by atoms with van der Waals surface area (Å²) >= 11 is 5.23. The standard InChI is InChI=1S/C19H23N5O4S/c1-2-27-17(25)12-21-19(29)23-14-11-20-13-22-18(14)28-16-6-4-3-5-15(16)24-7-9-26-10-8-24/h3-6,11,13H,2,7-10,12H2,1H3,(H2,21,23,29). The minimum Gasteiger partial charge on any atom is -0.465 e. The van der Waals surface area contributed by atoms with Gasteiger partial charge in [-0.05, 0) is 31.3 Å². The van der Waals surface area contributed by atoms with Gasteiger partial charge in [0.05, 0.1) is 31.7 Å². The van der Waals surface area contributed by atoms with Gasteiger partial charge in [-0.1, -0.05) is 12.1 Å². The Kier molecular flexibility index (Phi) is 7.54. The van der Waals surface area contributed by atoms with Crippen LogP contribution < -0.4 is 20.3 Å². The number of nitrogens with one attached hydrogen (secondary N) is 2. The summed E-state index contributed by atoms with van der Waals surface area (Å²) < 4.78 is 16.4. The number of nitrogens with zero attached hydrogens (tertiary/aromatic N) is 3. The summed E-state index contributed by atoms with van der Waals surface area (Å²) in [6, 6.07) is 7.75. The van der Waals surface area contributed by atoms with Gasteiger partial charge in [-0.2, -0.15) is 4.98 Å². The third-order valence-electron chi connectivity index (χ3n) is 4.05. The van der Waals surface area contributed by atoms with Crippen LogP contribution in [-0.2, 0) is 14.3 Å². The Labute approximate surface area is 174 Å². The monoisotopic (exact) mass is 417 g/mol. The first-order valence-corrected chi connectivity index (χ1v) is 9.68. The van der Waals surface area contributed by atoms with E-state index < -0.39 is 5.97 Å². The fraction of sp³-hybridized carbons (Fsp3) is 0.368. The lowest BCUT2D eigenvalue weighted by Crippen LogP contribution is -2.36. The van der Waals surface area contributed by atoms with E-state index in [0.29, 0.717) is 37.1 Å². The van der Waals surface area contributed by atoms with Crippen molar-refractivity contribution in [3.63, 3.8) is 0 Å². The molecule has 154 valence electrons. The van der Waals surface area contributed by atoms with E-state index in [0.717, 1.165) is 18.8 Å².